The fourth-order valence-corrected chi connectivity index (χ4v) is 8.11. The Kier molecular flexibility index (Phi) is 5.77. The summed E-state index contributed by atoms with van der Waals surface area (Å²) in [5.74, 6) is 0.293. The van der Waals surface area contributed by atoms with Crippen molar-refractivity contribution in [2.45, 2.75) is 44.4 Å². The minimum Gasteiger partial charge on any atom is -0.315 e. The Hall–Kier alpha value is -2.12. The van der Waals surface area contributed by atoms with E-state index in [4.69, 9.17) is 0 Å². The molecule has 2 aromatic rings. The Balaban J connectivity index is 1.70. The van der Waals surface area contributed by atoms with E-state index >= 15 is 0 Å². The van der Waals surface area contributed by atoms with Crippen molar-refractivity contribution < 1.29 is 13.2 Å². The Bertz CT molecular complexity index is 1110. The van der Waals surface area contributed by atoms with Crippen LogP contribution in [0.25, 0.3) is 0 Å². The standard InChI is InChI=1S/C23H26N2O3S2/c1-15(2)18-9-4-5-10-19(18)25-20-13-30(27,28)14-21(20)29-23(25)24-22(26)12-17-8-6-7-16(3)11-17/h4-11,15,20-21H,12-14H2,1-3H3/t20-,21-/m1/s1. The van der Waals surface area contributed by atoms with Gasteiger partial charge in [-0.15, -0.1) is 0 Å². The molecule has 5 nitrogen and oxygen atoms in total. The van der Waals surface area contributed by atoms with Crippen LogP contribution in [0.3, 0.4) is 0 Å². The number of carbonyl (C=O) groups is 1. The molecular weight excluding hydrogens is 416 g/mol. The van der Waals surface area contributed by atoms with E-state index in [1.54, 1.807) is 0 Å². The number of amides is 1. The molecule has 2 saturated heterocycles. The van der Waals surface area contributed by atoms with Crippen LogP contribution in [0.1, 0.15) is 36.5 Å². The summed E-state index contributed by atoms with van der Waals surface area (Å²) in [6, 6.07) is 15.7. The molecule has 7 heteroatoms. The SMILES string of the molecule is Cc1cccc(CC(=O)N=C2S[C@@H]3CS(=O)(=O)C[C@H]3N2c2ccccc2C(C)C)c1. The second-order valence-corrected chi connectivity index (χ2v) is 11.7. The highest BCUT2D eigenvalue weighted by Crippen LogP contribution is 2.43. The molecule has 4 rings (SSSR count). The molecule has 158 valence electrons. The molecule has 2 atom stereocenters. The number of amidine groups is 1. The lowest BCUT2D eigenvalue weighted by molar-refractivity contribution is -0.117. The van der Waals surface area contributed by atoms with Gasteiger partial charge in [-0.1, -0.05) is 73.6 Å². The number of sulfone groups is 1. The number of carbonyl (C=O) groups excluding carboxylic acids is 1. The molecule has 2 heterocycles. The molecule has 0 aliphatic carbocycles. The van der Waals surface area contributed by atoms with Gasteiger partial charge in [-0.2, -0.15) is 4.99 Å². The maximum atomic E-state index is 12.8. The quantitative estimate of drug-likeness (QED) is 0.717. The van der Waals surface area contributed by atoms with Crippen molar-refractivity contribution in [2.24, 2.45) is 4.99 Å². The summed E-state index contributed by atoms with van der Waals surface area (Å²) in [4.78, 5) is 19.2. The van der Waals surface area contributed by atoms with Gasteiger partial charge in [0.05, 0.1) is 24.0 Å². The summed E-state index contributed by atoms with van der Waals surface area (Å²) in [5, 5.41) is 0.520. The molecule has 2 fully saturated rings. The van der Waals surface area contributed by atoms with Crippen LogP contribution in [0.4, 0.5) is 5.69 Å². The number of benzene rings is 2. The van der Waals surface area contributed by atoms with Crippen LogP contribution in [-0.2, 0) is 21.1 Å². The molecule has 0 spiro atoms. The van der Waals surface area contributed by atoms with E-state index in [1.165, 1.54) is 11.8 Å². The first kappa shape index (κ1) is 21.1. The molecule has 2 aliphatic heterocycles. The molecule has 0 aromatic heterocycles. The number of aliphatic imine (C=N–C) groups is 1. The number of anilines is 1. The van der Waals surface area contributed by atoms with E-state index in [9.17, 15) is 13.2 Å². The van der Waals surface area contributed by atoms with Gasteiger partial charge < -0.3 is 4.90 Å². The van der Waals surface area contributed by atoms with Crippen molar-refractivity contribution in [2.75, 3.05) is 16.4 Å². The lowest BCUT2D eigenvalue weighted by Crippen LogP contribution is -2.38. The minimum absolute atomic E-state index is 0.0965. The van der Waals surface area contributed by atoms with Crippen LogP contribution in [0.15, 0.2) is 53.5 Å². The summed E-state index contributed by atoms with van der Waals surface area (Å²) in [6.07, 6.45) is 0.235. The van der Waals surface area contributed by atoms with Gasteiger partial charge >= 0.3 is 0 Å². The average molecular weight is 443 g/mol. The molecular formula is C23H26N2O3S2. The highest BCUT2D eigenvalue weighted by atomic mass is 32.2. The van der Waals surface area contributed by atoms with Crippen molar-refractivity contribution >= 4 is 38.4 Å². The van der Waals surface area contributed by atoms with Crippen molar-refractivity contribution in [3.05, 3.63) is 65.2 Å². The molecule has 0 bridgehead atoms. The maximum absolute atomic E-state index is 12.8. The fourth-order valence-electron chi connectivity index (χ4n) is 4.18. The van der Waals surface area contributed by atoms with Crippen LogP contribution >= 0.6 is 11.8 Å². The molecule has 0 radical (unpaired) electrons. The van der Waals surface area contributed by atoms with Crippen molar-refractivity contribution in [1.82, 2.24) is 0 Å². The summed E-state index contributed by atoms with van der Waals surface area (Å²) < 4.78 is 24.6. The molecule has 2 aromatic carbocycles. The molecule has 1 amide bonds. The second-order valence-electron chi connectivity index (χ2n) is 8.34. The van der Waals surface area contributed by atoms with Crippen molar-refractivity contribution in [1.29, 1.82) is 0 Å². The van der Waals surface area contributed by atoms with Crippen LogP contribution in [-0.4, -0.2) is 42.3 Å². The Morgan fingerprint density at radius 1 is 1.17 bits per heavy atom. The number of aryl methyl sites for hydroxylation is 1. The number of fused-ring (bicyclic) bond motifs is 1. The third-order valence-electron chi connectivity index (χ3n) is 5.54. The highest BCUT2D eigenvalue weighted by Gasteiger charge is 2.49. The summed E-state index contributed by atoms with van der Waals surface area (Å²) >= 11 is 1.42. The van der Waals surface area contributed by atoms with Crippen molar-refractivity contribution in [3.63, 3.8) is 0 Å². The van der Waals surface area contributed by atoms with Gasteiger partial charge in [0.2, 0.25) is 0 Å². The summed E-state index contributed by atoms with van der Waals surface area (Å²) in [5.41, 5.74) is 4.12. The molecule has 0 saturated carbocycles. The first-order valence-corrected chi connectivity index (χ1v) is 12.9. The molecule has 2 aliphatic rings. The van der Waals surface area contributed by atoms with Crippen molar-refractivity contribution in [3.8, 4) is 0 Å². The Labute approximate surface area is 182 Å². The third kappa shape index (κ3) is 4.32. The van der Waals surface area contributed by atoms with E-state index in [-0.39, 0.29) is 41.0 Å². The van der Waals surface area contributed by atoms with Crippen LogP contribution in [0, 0.1) is 6.92 Å². The number of para-hydroxylation sites is 1. The molecule has 30 heavy (non-hydrogen) atoms. The van der Waals surface area contributed by atoms with Crippen LogP contribution < -0.4 is 4.90 Å². The van der Waals surface area contributed by atoms with E-state index in [1.807, 2.05) is 54.3 Å². The topological polar surface area (TPSA) is 66.8 Å². The van der Waals surface area contributed by atoms with Gasteiger partial charge in [-0.3, -0.25) is 4.79 Å². The van der Waals surface area contributed by atoms with Crippen LogP contribution in [0.5, 0.6) is 0 Å². The average Bonchev–Trinajstić information content (AvgIpc) is 3.12. The van der Waals surface area contributed by atoms with E-state index in [0.717, 1.165) is 22.4 Å². The fraction of sp³-hybridized carbons (Fsp3) is 0.391. The summed E-state index contributed by atoms with van der Waals surface area (Å²) in [7, 11) is -3.09. The van der Waals surface area contributed by atoms with Gasteiger partial charge in [0, 0.05) is 10.9 Å². The number of nitrogens with zero attached hydrogens (tertiary/aromatic N) is 2. The van der Waals surface area contributed by atoms with Gasteiger partial charge in [-0.05, 0) is 30.0 Å². The van der Waals surface area contributed by atoms with E-state index < -0.39 is 9.84 Å². The largest absolute Gasteiger partial charge is 0.315 e. The zero-order valence-corrected chi connectivity index (χ0v) is 19.0. The predicted octanol–water partition coefficient (Wildman–Crippen LogP) is 3.96. The smallest absolute Gasteiger partial charge is 0.252 e. The van der Waals surface area contributed by atoms with Crippen LogP contribution in [0.2, 0.25) is 0 Å². The number of hydrogen-bond donors (Lipinski definition) is 0. The van der Waals surface area contributed by atoms with Gasteiger partial charge in [0.15, 0.2) is 15.0 Å². The maximum Gasteiger partial charge on any atom is 0.252 e. The summed E-state index contributed by atoms with van der Waals surface area (Å²) in [6.45, 7) is 6.23. The van der Waals surface area contributed by atoms with Gasteiger partial charge in [0.25, 0.3) is 5.91 Å². The van der Waals surface area contributed by atoms with E-state index in [2.05, 4.69) is 24.9 Å². The monoisotopic (exact) mass is 442 g/mol. The number of rotatable bonds is 4. The zero-order chi connectivity index (χ0) is 21.5. The predicted molar refractivity (Wildman–Crippen MR) is 124 cm³/mol. The lowest BCUT2D eigenvalue weighted by Gasteiger charge is -2.28. The Morgan fingerprint density at radius 3 is 2.67 bits per heavy atom. The molecule has 0 unspecified atom stereocenters. The Morgan fingerprint density at radius 2 is 1.93 bits per heavy atom. The first-order chi connectivity index (χ1) is 14.2. The van der Waals surface area contributed by atoms with E-state index in [0.29, 0.717) is 5.17 Å². The molecule has 0 N–H and O–H groups in total. The lowest BCUT2D eigenvalue weighted by atomic mass is 9.99. The highest BCUT2D eigenvalue weighted by molar-refractivity contribution is 8.16. The van der Waals surface area contributed by atoms with Gasteiger partial charge in [0.1, 0.15) is 0 Å². The zero-order valence-electron chi connectivity index (χ0n) is 17.4. The first-order valence-electron chi connectivity index (χ1n) is 10.2. The second kappa shape index (κ2) is 8.19. The number of hydrogen-bond acceptors (Lipinski definition) is 4. The minimum atomic E-state index is -3.09. The normalized spacial score (nSPS) is 23.9. The number of thioether (sulfide) groups is 1. The third-order valence-corrected chi connectivity index (χ3v) is 8.75. The van der Waals surface area contributed by atoms with Gasteiger partial charge in [-0.25, -0.2) is 8.42 Å².